The van der Waals surface area contributed by atoms with Crippen LogP contribution in [-0.4, -0.2) is 19.1 Å². The highest BCUT2D eigenvalue weighted by Gasteiger charge is 2.09. The summed E-state index contributed by atoms with van der Waals surface area (Å²) in [7, 11) is 1.54. The van der Waals surface area contributed by atoms with Crippen molar-refractivity contribution in [3.63, 3.8) is 0 Å². The summed E-state index contributed by atoms with van der Waals surface area (Å²) in [5.41, 5.74) is 6.15. The van der Waals surface area contributed by atoms with Crippen LogP contribution in [0.4, 0.5) is 0 Å². The zero-order valence-electron chi connectivity index (χ0n) is 9.20. The molecule has 1 aromatic carbocycles. The Morgan fingerprint density at radius 2 is 2.25 bits per heavy atom. The molecule has 0 radical (unpaired) electrons. The van der Waals surface area contributed by atoms with Crippen LogP contribution in [0.5, 0.6) is 5.75 Å². The van der Waals surface area contributed by atoms with E-state index in [-0.39, 0.29) is 6.61 Å². The molecule has 0 aliphatic rings. The summed E-state index contributed by atoms with van der Waals surface area (Å²) < 4.78 is 9.96. The molecule has 0 fully saturated rings. The number of hydrogen-bond donors (Lipinski definition) is 1. The van der Waals surface area contributed by atoms with Gasteiger partial charge in [0, 0.05) is 0 Å². The van der Waals surface area contributed by atoms with Crippen molar-refractivity contribution in [3.8, 4) is 5.75 Å². The molecule has 0 aromatic heterocycles. The maximum atomic E-state index is 11.1. The topological polar surface area (TPSA) is 61.5 Å². The van der Waals surface area contributed by atoms with E-state index in [4.69, 9.17) is 26.8 Å². The molecule has 0 aliphatic carbocycles. The Morgan fingerprint density at radius 1 is 1.56 bits per heavy atom. The van der Waals surface area contributed by atoms with E-state index in [2.05, 4.69) is 0 Å². The molecular weight excluding hydrogens is 230 g/mol. The van der Waals surface area contributed by atoms with Crippen LogP contribution in [-0.2, 0) is 16.1 Å². The molecule has 2 N–H and O–H groups in total. The lowest BCUT2D eigenvalue weighted by Gasteiger charge is -2.08. The number of benzene rings is 1. The average molecular weight is 244 g/mol. The summed E-state index contributed by atoms with van der Waals surface area (Å²) in [6.07, 6.45) is 0. The van der Waals surface area contributed by atoms with Gasteiger partial charge >= 0.3 is 5.97 Å². The van der Waals surface area contributed by atoms with Crippen LogP contribution in [0.25, 0.3) is 0 Å². The Bertz CT molecular complexity index is 379. The normalized spacial score (nSPS) is 12.0. The van der Waals surface area contributed by atoms with Gasteiger partial charge in [-0.05, 0) is 24.6 Å². The van der Waals surface area contributed by atoms with Crippen molar-refractivity contribution in [1.29, 1.82) is 0 Å². The van der Waals surface area contributed by atoms with Crippen molar-refractivity contribution >= 4 is 17.6 Å². The van der Waals surface area contributed by atoms with Gasteiger partial charge < -0.3 is 15.2 Å². The van der Waals surface area contributed by atoms with E-state index in [9.17, 15) is 4.79 Å². The van der Waals surface area contributed by atoms with E-state index in [1.165, 1.54) is 7.11 Å². The Kier molecular flexibility index (Phi) is 4.58. The number of rotatable bonds is 4. The quantitative estimate of drug-likeness (QED) is 0.819. The van der Waals surface area contributed by atoms with Gasteiger partial charge in [-0.15, -0.1) is 0 Å². The predicted octanol–water partition coefficient (Wildman–Crippen LogP) is 1.74. The van der Waals surface area contributed by atoms with Gasteiger partial charge in [0.15, 0.2) is 0 Å². The summed E-state index contributed by atoms with van der Waals surface area (Å²) in [6.45, 7) is 1.73. The fourth-order valence-electron chi connectivity index (χ4n) is 1.09. The summed E-state index contributed by atoms with van der Waals surface area (Å²) in [5, 5.41) is 0.483. The van der Waals surface area contributed by atoms with Crippen molar-refractivity contribution in [2.45, 2.75) is 19.6 Å². The highest BCUT2D eigenvalue weighted by atomic mass is 35.5. The highest BCUT2D eigenvalue weighted by molar-refractivity contribution is 6.32. The second-order valence-corrected chi connectivity index (χ2v) is 3.77. The van der Waals surface area contributed by atoms with E-state index in [1.54, 1.807) is 25.1 Å². The second-order valence-electron chi connectivity index (χ2n) is 3.37. The van der Waals surface area contributed by atoms with Gasteiger partial charge in [-0.2, -0.15) is 0 Å². The first-order valence-corrected chi connectivity index (χ1v) is 5.17. The van der Waals surface area contributed by atoms with Gasteiger partial charge in [0.1, 0.15) is 18.4 Å². The first-order valence-electron chi connectivity index (χ1n) is 4.79. The van der Waals surface area contributed by atoms with Crippen molar-refractivity contribution < 1.29 is 14.3 Å². The van der Waals surface area contributed by atoms with Gasteiger partial charge in [-0.1, -0.05) is 17.7 Å². The lowest BCUT2D eigenvalue weighted by atomic mass is 10.2. The number of carbonyl (C=O) groups excluding carboxylic acids is 1. The Hall–Kier alpha value is -1.26. The Labute approximate surface area is 99.3 Å². The molecule has 0 saturated carbocycles. The third-order valence-electron chi connectivity index (χ3n) is 1.97. The lowest BCUT2D eigenvalue weighted by Crippen LogP contribution is -2.28. The van der Waals surface area contributed by atoms with E-state index in [0.29, 0.717) is 10.8 Å². The third-order valence-corrected chi connectivity index (χ3v) is 2.26. The molecule has 1 atom stereocenters. The molecule has 0 saturated heterocycles. The Morgan fingerprint density at radius 3 is 2.75 bits per heavy atom. The van der Waals surface area contributed by atoms with Crippen LogP contribution in [0.1, 0.15) is 12.5 Å². The summed E-state index contributed by atoms with van der Waals surface area (Å²) in [5.74, 6) is 0.149. The van der Waals surface area contributed by atoms with E-state index in [0.717, 1.165) is 5.56 Å². The average Bonchev–Trinajstić information content (AvgIpc) is 2.25. The zero-order valence-corrected chi connectivity index (χ0v) is 9.95. The maximum absolute atomic E-state index is 11.1. The standard InChI is InChI=1S/C11H14ClNO3/c1-7(13)11(14)16-6-8-3-4-10(15-2)9(12)5-8/h3-5,7H,6,13H2,1-2H3/t7-/m0/s1. The van der Waals surface area contributed by atoms with Gasteiger partial charge in [-0.3, -0.25) is 4.79 Å². The number of ether oxygens (including phenoxy) is 2. The van der Waals surface area contributed by atoms with Crippen molar-refractivity contribution in [2.75, 3.05) is 7.11 Å². The molecule has 0 heterocycles. The fraction of sp³-hybridized carbons (Fsp3) is 0.364. The zero-order chi connectivity index (χ0) is 12.1. The number of nitrogens with two attached hydrogens (primary N) is 1. The molecule has 4 nitrogen and oxygen atoms in total. The molecule has 0 bridgehead atoms. The van der Waals surface area contributed by atoms with E-state index >= 15 is 0 Å². The van der Waals surface area contributed by atoms with Crippen molar-refractivity contribution in [1.82, 2.24) is 0 Å². The van der Waals surface area contributed by atoms with E-state index in [1.807, 2.05) is 0 Å². The molecule has 1 aromatic rings. The number of carbonyl (C=O) groups is 1. The summed E-state index contributed by atoms with van der Waals surface area (Å²) in [4.78, 5) is 11.1. The van der Waals surface area contributed by atoms with E-state index < -0.39 is 12.0 Å². The first kappa shape index (κ1) is 12.8. The monoisotopic (exact) mass is 243 g/mol. The van der Waals surface area contributed by atoms with Gasteiger partial charge in [0.25, 0.3) is 0 Å². The molecule has 0 aliphatic heterocycles. The molecule has 0 amide bonds. The van der Waals surface area contributed by atoms with Gasteiger partial charge in [-0.25, -0.2) is 0 Å². The van der Waals surface area contributed by atoms with Crippen molar-refractivity contribution in [3.05, 3.63) is 28.8 Å². The maximum Gasteiger partial charge on any atom is 0.322 e. The van der Waals surface area contributed by atoms with Gasteiger partial charge in [0.05, 0.1) is 12.1 Å². The SMILES string of the molecule is COc1ccc(COC(=O)[C@H](C)N)cc1Cl. The molecule has 1 rings (SSSR count). The smallest absolute Gasteiger partial charge is 0.322 e. The van der Waals surface area contributed by atoms with Crippen LogP contribution in [0.2, 0.25) is 5.02 Å². The Balaban J connectivity index is 2.62. The predicted molar refractivity (Wildman–Crippen MR) is 61.4 cm³/mol. The lowest BCUT2D eigenvalue weighted by molar-refractivity contribution is -0.146. The summed E-state index contributed by atoms with van der Waals surface area (Å²) >= 11 is 5.92. The highest BCUT2D eigenvalue weighted by Crippen LogP contribution is 2.25. The number of methoxy groups -OCH3 is 1. The van der Waals surface area contributed by atoms with Crippen LogP contribution < -0.4 is 10.5 Å². The summed E-state index contributed by atoms with van der Waals surface area (Å²) in [6, 6.07) is 4.57. The molecular formula is C11H14ClNO3. The minimum atomic E-state index is -0.617. The number of hydrogen-bond acceptors (Lipinski definition) is 4. The molecule has 5 heteroatoms. The largest absolute Gasteiger partial charge is 0.495 e. The van der Waals surface area contributed by atoms with Crippen molar-refractivity contribution in [2.24, 2.45) is 5.73 Å². The van der Waals surface area contributed by atoms with Crippen LogP contribution in [0.3, 0.4) is 0 Å². The van der Waals surface area contributed by atoms with Crippen LogP contribution in [0, 0.1) is 0 Å². The fourth-order valence-corrected chi connectivity index (χ4v) is 1.37. The van der Waals surface area contributed by atoms with Crippen LogP contribution in [0.15, 0.2) is 18.2 Å². The molecule has 88 valence electrons. The number of halogens is 1. The van der Waals surface area contributed by atoms with Crippen LogP contribution >= 0.6 is 11.6 Å². The first-order chi connectivity index (χ1) is 7.54. The minimum Gasteiger partial charge on any atom is -0.495 e. The third kappa shape index (κ3) is 3.40. The molecule has 16 heavy (non-hydrogen) atoms. The minimum absolute atomic E-state index is 0.157. The van der Waals surface area contributed by atoms with Gasteiger partial charge in [0.2, 0.25) is 0 Å². The molecule has 0 spiro atoms. The second kappa shape index (κ2) is 5.72. The number of esters is 1. The molecule has 0 unspecified atom stereocenters.